The highest BCUT2D eigenvalue weighted by atomic mass is 16.6. The summed E-state index contributed by atoms with van der Waals surface area (Å²) >= 11 is 0. The lowest BCUT2D eigenvalue weighted by Crippen LogP contribution is -2.34. The van der Waals surface area contributed by atoms with Crippen LogP contribution >= 0.6 is 0 Å². The summed E-state index contributed by atoms with van der Waals surface area (Å²) in [6, 6.07) is 0. The first kappa shape index (κ1) is 17.7. The van der Waals surface area contributed by atoms with Crippen molar-refractivity contribution in [3.05, 3.63) is 12.8 Å². The van der Waals surface area contributed by atoms with Crippen molar-refractivity contribution in [1.29, 1.82) is 0 Å². The van der Waals surface area contributed by atoms with Gasteiger partial charge in [0.15, 0.2) is 0 Å². The third kappa shape index (κ3) is 14.7. The topological polar surface area (TPSA) is 66.0 Å². The minimum absolute atomic E-state index is 0.411. The van der Waals surface area contributed by atoms with Gasteiger partial charge in [-0.2, -0.15) is 0 Å². The van der Waals surface area contributed by atoms with Gasteiger partial charge < -0.3 is 24.3 Å². The molecule has 112 valence electrons. The first-order valence-corrected chi connectivity index (χ1v) is 6.30. The van der Waals surface area contributed by atoms with Gasteiger partial charge in [0.1, 0.15) is 12.2 Å². The Labute approximate surface area is 115 Å². The second kappa shape index (κ2) is 10.6. The van der Waals surface area contributed by atoms with Crippen LogP contribution in [0, 0.1) is 0 Å². The zero-order chi connectivity index (χ0) is 14.6. The summed E-state index contributed by atoms with van der Waals surface area (Å²) in [6.07, 6.45) is 0.941. The zero-order valence-electron chi connectivity index (χ0n) is 12.1. The molecule has 0 spiro atoms. The SMILES string of the molecule is C=COCCOCCOCCNC(=O)OC(C)(C)C. The van der Waals surface area contributed by atoms with E-state index in [0.717, 1.165) is 0 Å². The van der Waals surface area contributed by atoms with Gasteiger partial charge in [0.25, 0.3) is 0 Å². The van der Waals surface area contributed by atoms with Crippen molar-refractivity contribution >= 4 is 6.09 Å². The van der Waals surface area contributed by atoms with E-state index in [-0.39, 0.29) is 0 Å². The molecule has 0 aromatic heterocycles. The molecule has 0 atom stereocenters. The second-order valence-electron chi connectivity index (χ2n) is 4.69. The monoisotopic (exact) mass is 275 g/mol. The Kier molecular flexibility index (Phi) is 9.92. The average Bonchev–Trinajstić information content (AvgIpc) is 2.29. The molecule has 0 aliphatic carbocycles. The first-order valence-electron chi connectivity index (χ1n) is 6.30. The first-order chi connectivity index (χ1) is 8.95. The molecule has 6 nitrogen and oxygen atoms in total. The Balaban J connectivity index is 3.23. The van der Waals surface area contributed by atoms with Crippen molar-refractivity contribution < 1.29 is 23.7 Å². The van der Waals surface area contributed by atoms with E-state index in [1.807, 2.05) is 20.8 Å². The van der Waals surface area contributed by atoms with Gasteiger partial charge in [-0.3, -0.25) is 0 Å². The number of carbonyl (C=O) groups excluding carboxylic acids is 1. The number of amides is 1. The number of ether oxygens (including phenoxy) is 4. The number of alkyl carbamates (subject to hydrolysis) is 1. The summed E-state index contributed by atoms with van der Waals surface area (Å²) in [5, 5.41) is 2.60. The third-order valence-corrected chi connectivity index (χ3v) is 1.75. The molecule has 0 aromatic carbocycles. The Morgan fingerprint density at radius 3 is 2.26 bits per heavy atom. The highest BCUT2D eigenvalue weighted by molar-refractivity contribution is 5.67. The van der Waals surface area contributed by atoms with Gasteiger partial charge >= 0.3 is 6.09 Å². The van der Waals surface area contributed by atoms with Gasteiger partial charge in [0, 0.05) is 6.54 Å². The predicted molar refractivity (Wildman–Crippen MR) is 72.0 cm³/mol. The van der Waals surface area contributed by atoms with Gasteiger partial charge in [-0.1, -0.05) is 6.58 Å². The van der Waals surface area contributed by atoms with Gasteiger partial charge in [-0.15, -0.1) is 0 Å². The van der Waals surface area contributed by atoms with E-state index in [9.17, 15) is 4.79 Å². The smallest absolute Gasteiger partial charge is 0.407 e. The molecular weight excluding hydrogens is 250 g/mol. The van der Waals surface area contributed by atoms with E-state index in [2.05, 4.69) is 11.9 Å². The van der Waals surface area contributed by atoms with E-state index in [1.165, 1.54) is 6.26 Å². The Hall–Kier alpha value is -1.27. The Bertz CT molecular complexity index is 250. The molecule has 0 bridgehead atoms. The van der Waals surface area contributed by atoms with Crippen LogP contribution < -0.4 is 5.32 Å². The van der Waals surface area contributed by atoms with Crippen molar-refractivity contribution in [3.63, 3.8) is 0 Å². The van der Waals surface area contributed by atoms with E-state index < -0.39 is 11.7 Å². The maximum Gasteiger partial charge on any atom is 0.407 e. The number of carbonyl (C=O) groups is 1. The van der Waals surface area contributed by atoms with Crippen LogP contribution in [0.15, 0.2) is 12.8 Å². The Morgan fingerprint density at radius 2 is 1.68 bits per heavy atom. The Morgan fingerprint density at radius 1 is 1.11 bits per heavy atom. The molecule has 0 unspecified atom stereocenters. The van der Waals surface area contributed by atoms with Crippen LogP contribution in [-0.2, 0) is 18.9 Å². The zero-order valence-corrected chi connectivity index (χ0v) is 12.1. The summed E-state index contributed by atoms with van der Waals surface area (Å²) in [4.78, 5) is 11.3. The van der Waals surface area contributed by atoms with Crippen molar-refractivity contribution in [2.24, 2.45) is 0 Å². The maximum atomic E-state index is 11.3. The van der Waals surface area contributed by atoms with E-state index in [1.54, 1.807) is 0 Å². The number of nitrogens with one attached hydrogen (secondary N) is 1. The molecule has 0 aromatic rings. The number of hydrogen-bond acceptors (Lipinski definition) is 5. The number of rotatable bonds is 10. The van der Waals surface area contributed by atoms with Crippen molar-refractivity contribution in [2.45, 2.75) is 26.4 Å². The molecule has 0 saturated heterocycles. The predicted octanol–water partition coefficient (Wildman–Crippen LogP) is 1.70. The van der Waals surface area contributed by atoms with Crippen LogP contribution in [0.2, 0.25) is 0 Å². The van der Waals surface area contributed by atoms with Crippen molar-refractivity contribution in [1.82, 2.24) is 5.32 Å². The normalized spacial score (nSPS) is 10.9. The highest BCUT2D eigenvalue weighted by Crippen LogP contribution is 2.05. The molecular formula is C13H25NO5. The third-order valence-electron chi connectivity index (χ3n) is 1.75. The molecule has 0 heterocycles. The van der Waals surface area contributed by atoms with Crippen molar-refractivity contribution in [2.75, 3.05) is 39.6 Å². The van der Waals surface area contributed by atoms with Gasteiger partial charge in [0.05, 0.1) is 32.7 Å². The van der Waals surface area contributed by atoms with E-state index >= 15 is 0 Å². The van der Waals surface area contributed by atoms with E-state index in [4.69, 9.17) is 18.9 Å². The summed E-state index contributed by atoms with van der Waals surface area (Å²) < 4.78 is 20.4. The van der Waals surface area contributed by atoms with Crippen LogP contribution in [0.3, 0.4) is 0 Å². The van der Waals surface area contributed by atoms with Crippen LogP contribution in [0.25, 0.3) is 0 Å². The molecule has 1 N–H and O–H groups in total. The summed E-state index contributed by atoms with van der Waals surface area (Å²) in [5.41, 5.74) is -0.480. The molecule has 0 aliphatic rings. The number of hydrogen-bond donors (Lipinski definition) is 1. The van der Waals surface area contributed by atoms with E-state index in [0.29, 0.717) is 39.6 Å². The largest absolute Gasteiger partial charge is 0.499 e. The lowest BCUT2D eigenvalue weighted by molar-refractivity contribution is 0.0283. The van der Waals surface area contributed by atoms with Gasteiger partial charge in [-0.05, 0) is 20.8 Å². The second-order valence-corrected chi connectivity index (χ2v) is 4.69. The average molecular weight is 275 g/mol. The molecule has 0 saturated carbocycles. The molecule has 19 heavy (non-hydrogen) atoms. The van der Waals surface area contributed by atoms with Gasteiger partial charge in [0.2, 0.25) is 0 Å². The molecule has 0 rings (SSSR count). The lowest BCUT2D eigenvalue weighted by Gasteiger charge is -2.19. The summed E-state index contributed by atoms with van der Waals surface area (Å²) in [5.74, 6) is 0. The van der Waals surface area contributed by atoms with Crippen LogP contribution in [0.1, 0.15) is 20.8 Å². The molecule has 1 amide bonds. The fourth-order valence-corrected chi connectivity index (χ4v) is 1.05. The highest BCUT2D eigenvalue weighted by Gasteiger charge is 2.15. The fraction of sp³-hybridized carbons (Fsp3) is 0.769. The quantitative estimate of drug-likeness (QED) is 0.485. The molecule has 0 aliphatic heterocycles. The summed E-state index contributed by atoms with van der Waals surface area (Å²) in [6.45, 7) is 11.7. The minimum atomic E-state index is -0.480. The maximum absolute atomic E-state index is 11.3. The minimum Gasteiger partial charge on any atom is -0.499 e. The molecule has 0 radical (unpaired) electrons. The molecule has 0 fully saturated rings. The lowest BCUT2D eigenvalue weighted by atomic mass is 10.2. The van der Waals surface area contributed by atoms with Crippen LogP contribution in [-0.4, -0.2) is 51.3 Å². The summed E-state index contributed by atoms with van der Waals surface area (Å²) in [7, 11) is 0. The fourth-order valence-electron chi connectivity index (χ4n) is 1.05. The van der Waals surface area contributed by atoms with Crippen LogP contribution in [0.5, 0.6) is 0 Å². The van der Waals surface area contributed by atoms with Gasteiger partial charge in [-0.25, -0.2) is 4.79 Å². The standard InChI is InChI=1S/C13H25NO5/c1-5-16-8-9-18-11-10-17-7-6-14-12(15)19-13(2,3)4/h5H,1,6-11H2,2-4H3,(H,14,15). The molecule has 6 heteroatoms. The van der Waals surface area contributed by atoms with Crippen LogP contribution in [0.4, 0.5) is 4.79 Å². The van der Waals surface area contributed by atoms with Crippen molar-refractivity contribution in [3.8, 4) is 0 Å².